The summed E-state index contributed by atoms with van der Waals surface area (Å²) >= 11 is 7.52. The van der Waals surface area contributed by atoms with E-state index in [4.69, 9.17) is 16.3 Å². The number of thioether (sulfide) groups is 1. The molecule has 2 aliphatic heterocycles. The highest BCUT2D eigenvalue weighted by Crippen LogP contribution is 2.20. The molecule has 0 radical (unpaired) electrons. The maximum absolute atomic E-state index is 12.9. The highest BCUT2D eigenvalue weighted by molar-refractivity contribution is 7.99. The number of amides is 1. The first kappa shape index (κ1) is 22.8. The Morgan fingerprint density at radius 1 is 1.14 bits per heavy atom. The van der Waals surface area contributed by atoms with Gasteiger partial charge in [0.25, 0.3) is 10.2 Å². The molecular weight excluding hydrogens is 434 g/mol. The third-order valence-electron chi connectivity index (χ3n) is 5.01. The van der Waals surface area contributed by atoms with Crippen molar-refractivity contribution in [3.8, 4) is 0 Å². The van der Waals surface area contributed by atoms with Crippen molar-refractivity contribution in [3.63, 3.8) is 0 Å². The molecule has 1 amide bonds. The first-order chi connectivity index (χ1) is 13.8. The molecule has 1 aromatic rings. The average molecular weight is 462 g/mol. The van der Waals surface area contributed by atoms with Crippen molar-refractivity contribution in [3.05, 3.63) is 34.9 Å². The second-order valence-electron chi connectivity index (χ2n) is 7.48. The number of rotatable bonds is 6. The van der Waals surface area contributed by atoms with Crippen LogP contribution in [0.4, 0.5) is 0 Å². The lowest BCUT2D eigenvalue weighted by Crippen LogP contribution is -2.57. The van der Waals surface area contributed by atoms with Gasteiger partial charge in [-0.3, -0.25) is 4.79 Å². The van der Waals surface area contributed by atoms with Gasteiger partial charge in [0.1, 0.15) is 0 Å². The van der Waals surface area contributed by atoms with E-state index in [0.717, 1.165) is 5.56 Å². The number of carbonyl (C=O) groups excluding carboxylic acids is 1. The Morgan fingerprint density at radius 3 is 2.41 bits per heavy atom. The molecule has 29 heavy (non-hydrogen) atoms. The summed E-state index contributed by atoms with van der Waals surface area (Å²) in [5, 5.41) is 0.691. The van der Waals surface area contributed by atoms with E-state index >= 15 is 0 Å². The van der Waals surface area contributed by atoms with Gasteiger partial charge in [-0.2, -0.15) is 17.0 Å². The summed E-state index contributed by atoms with van der Waals surface area (Å²) in [5.74, 6) is 1.13. The van der Waals surface area contributed by atoms with Crippen molar-refractivity contribution in [2.24, 2.45) is 0 Å². The molecule has 2 aliphatic rings. The van der Waals surface area contributed by atoms with Gasteiger partial charge >= 0.3 is 0 Å². The Balaban J connectivity index is 1.46. The Kier molecular flexibility index (Phi) is 7.86. The molecule has 0 aromatic heterocycles. The molecule has 7 nitrogen and oxygen atoms in total. The summed E-state index contributed by atoms with van der Waals surface area (Å²) in [6.07, 6.45) is -0.235. The van der Waals surface area contributed by atoms with Gasteiger partial charge in [0, 0.05) is 50.0 Å². The minimum Gasteiger partial charge on any atom is -0.373 e. The molecule has 0 bridgehead atoms. The van der Waals surface area contributed by atoms with Crippen LogP contribution in [0, 0.1) is 0 Å². The van der Waals surface area contributed by atoms with Crippen molar-refractivity contribution in [2.45, 2.75) is 31.8 Å². The number of carbonyl (C=O) groups is 1. The molecule has 2 saturated heterocycles. The third kappa shape index (κ3) is 6.08. The number of benzene rings is 1. The maximum atomic E-state index is 12.9. The van der Waals surface area contributed by atoms with Crippen molar-refractivity contribution in [1.82, 2.24) is 13.5 Å². The standard InChI is InChI=1S/C19H28ClN3O4S2/c1-15-11-23(12-16(2)27-15)29(25,26)22-8-6-21(7-9-22)19(24)14-28-13-17-4-3-5-18(20)10-17/h3-5,10,15-16H,6-9,11-14H2,1-2H3. The van der Waals surface area contributed by atoms with Crippen LogP contribution in [0.2, 0.25) is 5.02 Å². The second kappa shape index (κ2) is 9.98. The number of morpholine rings is 1. The van der Waals surface area contributed by atoms with Crippen LogP contribution in [0.3, 0.4) is 0 Å². The van der Waals surface area contributed by atoms with Crippen molar-refractivity contribution in [2.75, 3.05) is 45.0 Å². The van der Waals surface area contributed by atoms with Gasteiger partial charge in [0.2, 0.25) is 5.91 Å². The zero-order valence-electron chi connectivity index (χ0n) is 16.8. The van der Waals surface area contributed by atoms with Gasteiger partial charge in [0.05, 0.1) is 18.0 Å². The first-order valence-corrected chi connectivity index (χ1v) is 12.7. The van der Waals surface area contributed by atoms with Crippen LogP contribution < -0.4 is 0 Å². The number of hydrogen-bond acceptors (Lipinski definition) is 5. The molecule has 2 atom stereocenters. The number of piperazine rings is 1. The van der Waals surface area contributed by atoms with Crippen LogP contribution in [-0.2, 0) is 25.5 Å². The highest BCUT2D eigenvalue weighted by Gasteiger charge is 2.37. The summed E-state index contributed by atoms with van der Waals surface area (Å²) in [7, 11) is -3.53. The fraction of sp³-hybridized carbons (Fsp3) is 0.632. The third-order valence-corrected chi connectivity index (χ3v) is 8.21. The van der Waals surface area contributed by atoms with Crippen molar-refractivity contribution >= 4 is 39.5 Å². The topological polar surface area (TPSA) is 70.2 Å². The van der Waals surface area contributed by atoms with E-state index in [1.165, 1.54) is 8.61 Å². The van der Waals surface area contributed by atoms with Gasteiger partial charge in [0.15, 0.2) is 0 Å². The minimum absolute atomic E-state index is 0.0442. The normalized spacial score (nSPS) is 24.6. The van der Waals surface area contributed by atoms with Crippen LogP contribution in [0.15, 0.2) is 24.3 Å². The zero-order valence-corrected chi connectivity index (χ0v) is 19.2. The quantitative estimate of drug-likeness (QED) is 0.648. The van der Waals surface area contributed by atoms with Crippen molar-refractivity contribution in [1.29, 1.82) is 0 Å². The monoisotopic (exact) mass is 461 g/mol. The Hall–Kier alpha value is -0.840. The molecule has 10 heteroatoms. The molecule has 3 rings (SSSR count). The summed E-state index contributed by atoms with van der Waals surface area (Å²) in [4.78, 5) is 14.2. The molecule has 1 aromatic carbocycles. The molecular formula is C19H28ClN3O4S2. The van der Waals surface area contributed by atoms with E-state index in [9.17, 15) is 13.2 Å². The lowest BCUT2D eigenvalue weighted by molar-refractivity contribution is -0.129. The largest absolute Gasteiger partial charge is 0.373 e. The van der Waals surface area contributed by atoms with Gasteiger partial charge in [-0.1, -0.05) is 23.7 Å². The fourth-order valence-electron chi connectivity index (χ4n) is 3.62. The van der Waals surface area contributed by atoms with Crippen LogP contribution in [-0.4, -0.2) is 85.1 Å². The number of hydrogen-bond donors (Lipinski definition) is 0. The van der Waals surface area contributed by atoms with Gasteiger partial charge in [-0.15, -0.1) is 11.8 Å². The molecule has 2 fully saturated rings. The average Bonchev–Trinajstić information content (AvgIpc) is 2.67. The lowest BCUT2D eigenvalue weighted by Gasteiger charge is -2.40. The van der Waals surface area contributed by atoms with E-state index < -0.39 is 10.2 Å². The van der Waals surface area contributed by atoms with E-state index in [1.807, 2.05) is 38.1 Å². The second-order valence-corrected chi connectivity index (χ2v) is 10.8. The number of halogens is 1. The zero-order chi connectivity index (χ0) is 21.0. The van der Waals surface area contributed by atoms with E-state index in [0.29, 0.717) is 55.8 Å². The maximum Gasteiger partial charge on any atom is 0.282 e. The Labute approximate surface area is 182 Å². The molecule has 0 aliphatic carbocycles. The van der Waals surface area contributed by atoms with Crippen LogP contribution in [0.5, 0.6) is 0 Å². The summed E-state index contributed by atoms with van der Waals surface area (Å²) < 4.78 is 34.5. The summed E-state index contributed by atoms with van der Waals surface area (Å²) in [5.41, 5.74) is 1.08. The summed E-state index contributed by atoms with van der Waals surface area (Å²) in [6.45, 7) is 6.00. The van der Waals surface area contributed by atoms with Crippen molar-refractivity contribution < 1.29 is 17.9 Å². The lowest BCUT2D eigenvalue weighted by atomic mass is 10.2. The van der Waals surface area contributed by atoms with Crippen LogP contribution in [0.1, 0.15) is 19.4 Å². The minimum atomic E-state index is -3.53. The van der Waals surface area contributed by atoms with Crippen LogP contribution >= 0.6 is 23.4 Å². The van der Waals surface area contributed by atoms with E-state index in [1.54, 1.807) is 16.7 Å². The molecule has 162 valence electrons. The Bertz CT molecular complexity index is 805. The molecule has 0 spiro atoms. The number of ether oxygens (including phenoxy) is 1. The fourth-order valence-corrected chi connectivity index (χ4v) is 6.46. The van der Waals surface area contributed by atoms with Gasteiger partial charge in [-0.25, -0.2) is 0 Å². The highest BCUT2D eigenvalue weighted by atomic mass is 35.5. The molecule has 2 unspecified atom stereocenters. The van der Waals surface area contributed by atoms with E-state index in [2.05, 4.69) is 0 Å². The first-order valence-electron chi connectivity index (χ1n) is 9.76. The predicted molar refractivity (Wildman–Crippen MR) is 116 cm³/mol. The molecule has 2 heterocycles. The van der Waals surface area contributed by atoms with Crippen LogP contribution in [0.25, 0.3) is 0 Å². The van der Waals surface area contributed by atoms with E-state index in [-0.39, 0.29) is 18.1 Å². The smallest absolute Gasteiger partial charge is 0.282 e. The number of nitrogens with zero attached hydrogens (tertiary/aromatic N) is 3. The Morgan fingerprint density at radius 2 is 1.79 bits per heavy atom. The molecule has 0 saturated carbocycles. The molecule has 0 N–H and O–H groups in total. The SMILES string of the molecule is CC1CN(S(=O)(=O)N2CCN(C(=O)CSCc3cccc(Cl)c3)CC2)CC(C)O1. The van der Waals surface area contributed by atoms with Gasteiger partial charge < -0.3 is 9.64 Å². The summed E-state index contributed by atoms with van der Waals surface area (Å²) in [6, 6.07) is 7.61. The predicted octanol–water partition coefficient (Wildman–Crippen LogP) is 2.07. The van der Waals surface area contributed by atoms with Gasteiger partial charge in [-0.05, 0) is 31.5 Å².